The van der Waals surface area contributed by atoms with Crippen molar-refractivity contribution in [3.05, 3.63) is 150 Å². The zero-order chi connectivity index (χ0) is 29.4. The Kier molecular flexibility index (Phi) is 9.09. The van der Waals surface area contributed by atoms with E-state index in [4.69, 9.17) is 9.47 Å². The SMILES string of the molecule is Cc1c(NS(C)(=O)=O)cccc1N(Cc1ccccc1)Cc1ccc(Oc2cccc(OCc3ccccc3)c2)cc1. The van der Waals surface area contributed by atoms with Gasteiger partial charge in [-0.05, 0) is 65.6 Å². The predicted molar refractivity (Wildman–Crippen MR) is 170 cm³/mol. The second-order valence-electron chi connectivity index (χ2n) is 10.2. The molecule has 0 radical (unpaired) electrons. The van der Waals surface area contributed by atoms with Gasteiger partial charge in [0.25, 0.3) is 0 Å². The highest BCUT2D eigenvalue weighted by Gasteiger charge is 2.15. The van der Waals surface area contributed by atoms with Crippen LogP contribution >= 0.6 is 0 Å². The van der Waals surface area contributed by atoms with Gasteiger partial charge in [-0.2, -0.15) is 0 Å². The molecule has 214 valence electrons. The van der Waals surface area contributed by atoms with Crippen molar-refractivity contribution in [1.29, 1.82) is 0 Å². The van der Waals surface area contributed by atoms with Gasteiger partial charge in [0, 0.05) is 24.8 Å². The molecule has 0 saturated carbocycles. The number of hydrogen-bond donors (Lipinski definition) is 1. The van der Waals surface area contributed by atoms with Gasteiger partial charge in [0.1, 0.15) is 23.9 Å². The van der Waals surface area contributed by atoms with E-state index in [1.165, 1.54) is 6.26 Å². The highest BCUT2D eigenvalue weighted by atomic mass is 32.2. The summed E-state index contributed by atoms with van der Waals surface area (Å²) in [5.74, 6) is 2.17. The summed E-state index contributed by atoms with van der Waals surface area (Å²) in [6, 6.07) is 41.6. The number of nitrogens with one attached hydrogen (secondary N) is 1. The Hall–Kier alpha value is -4.75. The van der Waals surface area contributed by atoms with Crippen LogP contribution in [0.3, 0.4) is 0 Å². The zero-order valence-corrected chi connectivity index (χ0v) is 24.6. The minimum Gasteiger partial charge on any atom is -0.489 e. The van der Waals surface area contributed by atoms with Gasteiger partial charge in [-0.1, -0.05) is 84.9 Å². The van der Waals surface area contributed by atoms with Crippen molar-refractivity contribution in [2.75, 3.05) is 15.9 Å². The zero-order valence-electron chi connectivity index (χ0n) is 23.7. The van der Waals surface area contributed by atoms with Crippen LogP contribution in [0.4, 0.5) is 11.4 Å². The van der Waals surface area contributed by atoms with E-state index >= 15 is 0 Å². The Balaban J connectivity index is 1.31. The van der Waals surface area contributed by atoms with Crippen molar-refractivity contribution in [3.63, 3.8) is 0 Å². The van der Waals surface area contributed by atoms with E-state index in [1.807, 2.05) is 104 Å². The second kappa shape index (κ2) is 13.3. The van der Waals surface area contributed by atoms with Crippen molar-refractivity contribution in [3.8, 4) is 17.2 Å². The molecule has 0 aliphatic heterocycles. The van der Waals surface area contributed by atoms with Crippen LogP contribution in [0.25, 0.3) is 0 Å². The highest BCUT2D eigenvalue weighted by Crippen LogP contribution is 2.31. The number of nitrogens with zero attached hydrogens (tertiary/aromatic N) is 1. The van der Waals surface area contributed by atoms with Crippen molar-refractivity contribution in [1.82, 2.24) is 0 Å². The normalized spacial score (nSPS) is 11.1. The molecule has 7 heteroatoms. The molecule has 42 heavy (non-hydrogen) atoms. The number of rotatable bonds is 12. The van der Waals surface area contributed by atoms with E-state index < -0.39 is 10.0 Å². The van der Waals surface area contributed by atoms with E-state index in [0.717, 1.165) is 39.4 Å². The van der Waals surface area contributed by atoms with Crippen molar-refractivity contribution in [2.24, 2.45) is 0 Å². The molecule has 0 unspecified atom stereocenters. The summed E-state index contributed by atoms with van der Waals surface area (Å²) >= 11 is 0. The molecule has 0 fully saturated rings. The molecule has 5 aromatic carbocycles. The molecule has 0 amide bonds. The molecule has 5 aromatic rings. The summed E-state index contributed by atoms with van der Waals surface area (Å²) in [5, 5.41) is 0. The number of anilines is 2. The van der Waals surface area contributed by atoms with E-state index in [1.54, 1.807) is 6.07 Å². The first-order valence-electron chi connectivity index (χ1n) is 13.7. The number of ether oxygens (including phenoxy) is 2. The number of hydrogen-bond acceptors (Lipinski definition) is 5. The maximum atomic E-state index is 11.9. The van der Waals surface area contributed by atoms with Crippen LogP contribution in [0.2, 0.25) is 0 Å². The first kappa shape index (κ1) is 28.8. The second-order valence-corrected chi connectivity index (χ2v) is 11.9. The lowest BCUT2D eigenvalue weighted by molar-refractivity contribution is 0.304. The minimum absolute atomic E-state index is 0.491. The fourth-order valence-corrected chi connectivity index (χ4v) is 5.31. The van der Waals surface area contributed by atoms with E-state index in [-0.39, 0.29) is 0 Å². The molecule has 0 aliphatic carbocycles. The predicted octanol–water partition coefficient (Wildman–Crippen LogP) is 7.94. The molecule has 6 nitrogen and oxygen atoms in total. The van der Waals surface area contributed by atoms with Crippen molar-refractivity contribution < 1.29 is 17.9 Å². The third kappa shape index (κ3) is 8.15. The Morgan fingerprint density at radius 3 is 1.90 bits per heavy atom. The largest absolute Gasteiger partial charge is 0.489 e. The topological polar surface area (TPSA) is 67.9 Å². The van der Waals surface area contributed by atoms with Gasteiger partial charge in [0.2, 0.25) is 10.0 Å². The Morgan fingerprint density at radius 1 is 0.643 bits per heavy atom. The maximum Gasteiger partial charge on any atom is 0.229 e. The first-order chi connectivity index (χ1) is 20.3. The summed E-state index contributed by atoms with van der Waals surface area (Å²) in [6.07, 6.45) is 1.17. The van der Waals surface area contributed by atoms with Crippen molar-refractivity contribution in [2.45, 2.75) is 26.6 Å². The van der Waals surface area contributed by atoms with E-state index in [9.17, 15) is 8.42 Å². The van der Waals surface area contributed by atoms with Crippen LogP contribution in [0.5, 0.6) is 17.2 Å². The van der Waals surface area contributed by atoms with Crippen LogP contribution in [-0.4, -0.2) is 14.7 Å². The third-order valence-electron chi connectivity index (χ3n) is 6.74. The molecule has 5 rings (SSSR count). The molecule has 0 atom stereocenters. The Labute approximate surface area is 248 Å². The third-order valence-corrected chi connectivity index (χ3v) is 7.33. The summed E-state index contributed by atoms with van der Waals surface area (Å²) < 4.78 is 38.6. The summed E-state index contributed by atoms with van der Waals surface area (Å²) in [5.41, 5.74) is 5.77. The van der Waals surface area contributed by atoms with Gasteiger partial charge in [-0.3, -0.25) is 4.72 Å². The number of sulfonamides is 1. The molecule has 0 aliphatic rings. The van der Waals surface area contributed by atoms with E-state index in [0.29, 0.717) is 31.1 Å². The quantitative estimate of drug-likeness (QED) is 0.163. The molecule has 0 saturated heterocycles. The molecule has 0 heterocycles. The molecule has 0 aromatic heterocycles. The maximum absolute atomic E-state index is 11.9. The monoisotopic (exact) mass is 578 g/mol. The van der Waals surface area contributed by atoms with Crippen LogP contribution < -0.4 is 19.1 Å². The average molecular weight is 579 g/mol. The summed E-state index contributed by atoms with van der Waals surface area (Å²) in [4.78, 5) is 2.25. The summed E-state index contributed by atoms with van der Waals surface area (Å²) in [7, 11) is -3.40. The van der Waals surface area contributed by atoms with Gasteiger partial charge >= 0.3 is 0 Å². The van der Waals surface area contributed by atoms with Crippen LogP contribution in [0.1, 0.15) is 22.3 Å². The van der Waals surface area contributed by atoms with Gasteiger partial charge in [-0.15, -0.1) is 0 Å². The fourth-order valence-electron chi connectivity index (χ4n) is 4.69. The lowest BCUT2D eigenvalue weighted by atomic mass is 10.1. The average Bonchev–Trinajstić information content (AvgIpc) is 2.98. The van der Waals surface area contributed by atoms with Crippen LogP contribution in [0, 0.1) is 6.92 Å². The fraction of sp³-hybridized carbons (Fsp3) is 0.143. The standard InChI is InChI=1S/C35H34N2O4S/c1-27-34(36-42(2,38)39)17-10-18-35(27)37(24-28-11-5-3-6-12-28)25-29-19-21-31(22-20-29)41-33-16-9-15-32(23-33)40-26-30-13-7-4-8-14-30/h3-23,36H,24-26H2,1-2H3. The highest BCUT2D eigenvalue weighted by molar-refractivity contribution is 7.92. The van der Waals surface area contributed by atoms with Gasteiger partial charge in [-0.25, -0.2) is 8.42 Å². The molecule has 1 N–H and O–H groups in total. The van der Waals surface area contributed by atoms with Gasteiger partial charge in [0.05, 0.1) is 11.9 Å². The Morgan fingerprint density at radius 2 is 1.24 bits per heavy atom. The first-order valence-corrected chi connectivity index (χ1v) is 15.6. The Bertz CT molecular complexity index is 1710. The summed E-state index contributed by atoms with van der Waals surface area (Å²) in [6.45, 7) is 3.72. The van der Waals surface area contributed by atoms with Gasteiger partial charge in [0.15, 0.2) is 0 Å². The lowest BCUT2D eigenvalue weighted by Gasteiger charge is -2.28. The van der Waals surface area contributed by atoms with Crippen LogP contribution in [-0.2, 0) is 29.7 Å². The molecule has 0 spiro atoms. The number of benzene rings is 5. The molecule has 0 bridgehead atoms. The van der Waals surface area contributed by atoms with Crippen molar-refractivity contribution >= 4 is 21.4 Å². The molecular weight excluding hydrogens is 544 g/mol. The van der Waals surface area contributed by atoms with E-state index in [2.05, 4.69) is 33.9 Å². The smallest absolute Gasteiger partial charge is 0.229 e. The lowest BCUT2D eigenvalue weighted by Crippen LogP contribution is -2.23. The minimum atomic E-state index is -3.40. The molecular formula is C35H34N2O4S. The van der Waals surface area contributed by atoms with Gasteiger partial charge < -0.3 is 14.4 Å². The van der Waals surface area contributed by atoms with Crippen LogP contribution in [0.15, 0.2) is 127 Å².